The molecule has 0 saturated heterocycles. The molecular formula is C14H22N4. The maximum atomic E-state index is 4.24. The molecule has 18 heavy (non-hydrogen) atoms. The van der Waals surface area contributed by atoms with Crippen molar-refractivity contribution in [3.8, 4) is 0 Å². The van der Waals surface area contributed by atoms with E-state index in [2.05, 4.69) is 47.3 Å². The van der Waals surface area contributed by atoms with Gasteiger partial charge in [0.25, 0.3) is 0 Å². The smallest absolute Gasteiger partial charge is 0.0537 e. The summed E-state index contributed by atoms with van der Waals surface area (Å²) in [6, 6.07) is 2.18. The minimum atomic E-state index is 0.874. The molecule has 0 radical (unpaired) electrons. The molecule has 2 aromatic heterocycles. The number of rotatable bonds is 6. The minimum Gasteiger partial charge on any atom is -0.354 e. The lowest BCUT2D eigenvalue weighted by Gasteiger charge is -2.03. The molecule has 0 aliphatic rings. The third kappa shape index (κ3) is 3.01. The van der Waals surface area contributed by atoms with Gasteiger partial charge in [-0.05, 0) is 25.0 Å². The van der Waals surface area contributed by atoms with Crippen LogP contribution in [-0.4, -0.2) is 14.3 Å². The van der Waals surface area contributed by atoms with Gasteiger partial charge < -0.3 is 9.88 Å². The number of nitrogens with zero attached hydrogens (tertiary/aromatic N) is 3. The third-order valence-electron chi connectivity index (χ3n) is 3.28. The van der Waals surface area contributed by atoms with E-state index in [0.29, 0.717) is 0 Å². The molecule has 0 aromatic carbocycles. The Morgan fingerprint density at radius 1 is 1.33 bits per heavy atom. The van der Waals surface area contributed by atoms with Crippen LogP contribution < -0.4 is 5.32 Å². The molecule has 0 saturated carbocycles. The van der Waals surface area contributed by atoms with E-state index in [0.717, 1.165) is 19.6 Å². The van der Waals surface area contributed by atoms with Gasteiger partial charge in [0.15, 0.2) is 0 Å². The molecule has 4 nitrogen and oxygen atoms in total. The van der Waals surface area contributed by atoms with E-state index in [1.54, 1.807) is 0 Å². The van der Waals surface area contributed by atoms with Crippen molar-refractivity contribution in [3.63, 3.8) is 0 Å². The maximum Gasteiger partial charge on any atom is 0.0537 e. The lowest BCUT2D eigenvalue weighted by atomic mass is 10.2. The zero-order chi connectivity index (χ0) is 13.0. The first-order valence-electron chi connectivity index (χ1n) is 6.53. The van der Waals surface area contributed by atoms with E-state index in [9.17, 15) is 0 Å². The van der Waals surface area contributed by atoms with Crippen LogP contribution in [0.5, 0.6) is 0 Å². The van der Waals surface area contributed by atoms with Gasteiger partial charge in [-0.2, -0.15) is 5.10 Å². The zero-order valence-electron chi connectivity index (χ0n) is 11.5. The summed E-state index contributed by atoms with van der Waals surface area (Å²) in [6.07, 6.45) is 7.48. The van der Waals surface area contributed by atoms with Crippen LogP contribution in [0.4, 0.5) is 0 Å². The van der Waals surface area contributed by atoms with Crippen molar-refractivity contribution >= 4 is 0 Å². The first-order valence-corrected chi connectivity index (χ1v) is 6.53. The number of hydrogen-bond acceptors (Lipinski definition) is 2. The molecule has 0 spiro atoms. The molecule has 2 heterocycles. The lowest BCUT2D eigenvalue weighted by molar-refractivity contribution is 0.665. The minimum absolute atomic E-state index is 0.874. The van der Waals surface area contributed by atoms with E-state index < -0.39 is 0 Å². The van der Waals surface area contributed by atoms with Gasteiger partial charge in [-0.1, -0.05) is 6.92 Å². The first kappa shape index (κ1) is 12.9. The predicted octanol–water partition coefficient (Wildman–Crippen LogP) is 2.23. The van der Waals surface area contributed by atoms with Crippen LogP contribution in [0.15, 0.2) is 24.7 Å². The molecule has 0 atom stereocenters. The Kier molecular flexibility index (Phi) is 4.20. The predicted molar refractivity (Wildman–Crippen MR) is 73.2 cm³/mol. The molecule has 4 heteroatoms. The first-order chi connectivity index (χ1) is 8.70. The monoisotopic (exact) mass is 246 g/mol. The molecule has 1 N–H and O–H groups in total. The molecule has 0 unspecified atom stereocenters. The van der Waals surface area contributed by atoms with Crippen LogP contribution in [0.3, 0.4) is 0 Å². The molecule has 0 aliphatic heterocycles. The van der Waals surface area contributed by atoms with Crippen LogP contribution in [0.1, 0.15) is 30.2 Å². The summed E-state index contributed by atoms with van der Waals surface area (Å²) in [6.45, 7) is 7.18. The average molecular weight is 246 g/mol. The summed E-state index contributed by atoms with van der Waals surface area (Å²) in [5.74, 6) is 0. The summed E-state index contributed by atoms with van der Waals surface area (Å²) in [5, 5.41) is 7.70. The summed E-state index contributed by atoms with van der Waals surface area (Å²) >= 11 is 0. The van der Waals surface area contributed by atoms with Gasteiger partial charge in [-0.3, -0.25) is 4.68 Å². The topological polar surface area (TPSA) is 34.8 Å². The van der Waals surface area contributed by atoms with Gasteiger partial charge in [-0.25, -0.2) is 0 Å². The Labute approximate surface area is 109 Å². The fraction of sp³-hybridized carbons (Fsp3) is 0.500. The summed E-state index contributed by atoms with van der Waals surface area (Å²) in [5.41, 5.74) is 3.83. The highest BCUT2D eigenvalue weighted by Crippen LogP contribution is 2.06. The Morgan fingerprint density at radius 2 is 2.17 bits per heavy atom. The van der Waals surface area contributed by atoms with Crippen molar-refractivity contribution in [1.82, 2.24) is 19.7 Å². The highest BCUT2D eigenvalue weighted by molar-refractivity contribution is 5.16. The van der Waals surface area contributed by atoms with E-state index >= 15 is 0 Å². The van der Waals surface area contributed by atoms with Crippen molar-refractivity contribution in [1.29, 1.82) is 0 Å². The fourth-order valence-corrected chi connectivity index (χ4v) is 2.05. The van der Waals surface area contributed by atoms with E-state index in [-0.39, 0.29) is 0 Å². The molecule has 98 valence electrons. The van der Waals surface area contributed by atoms with Gasteiger partial charge in [0.2, 0.25) is 0 Å². The van der Waals surface area contributed by atoms with Crippen LogP contribution >= 0.6 is 0 Å². The van der Waals surface area contributed by atoms with Gasteiger partial charge in [-0.15, -0.1) is 0 Å². The average Bonchev–Trinajstić information content (AvgIpc) is 2.91. The summed E-state index contributed by atoms with van der Waals surface area (Å²) < 4.78 is 4.15. The third-order valence-corrected chi connectivity index (χ3v) is 3.28. The van der Waals surface area contributed by atoms with Crippen LogP contribution in [0, 0.1) is 6.92 Å². The normalized spacial score (nSPS) is 11.1. The summed E-state index contributed by atoms with van der Waals surface area (Å²) in [4.78, 5) is 0. The Bertz CT molecular complexity index is 496. The maximum absolute atomic E-state index is 4.24. The Balaban J connectivity index is 1.82. The van der Waals surface area contributed by atoms with Gasteiger partial charge in [0.05, 0.1) is 6.20 Å². The van der Waals surface area contributed by atoms with Crippen molar-refractivity contribution in [2.45, 2.75) is 39.9 Å². The molecule has 2 rings (SSSR count). The number of aryl methyl sites for hydroxylation is 2. The molecule has 0 bridgehead atoms. The fourth-order valence-electron chi connectivity index (χ4n) is 2.05. The second-order valence-electron chi connectivity index (χ2n) is 4.74. The van der Waals surface area contributed by atoms with Crippen molar-refractivity contribution in [2.24, 2.45) is 7.05 Å². The van der Waals surface area contributed by atoms with Crippen molar-refractivity contribution in [3.05, 3.63) is 41.5 Å². The molecule has 2 aromatic rings. The van der Waals surface area contributed by atoms with E-state index in [4.69, 9.17) is 0 Å². The largest absolute Gasteiger partial charge is 0.354 e. The Hall–Kier alpha value is -1.55. The number of aromatic nitrogens is 3. The van der Waals surface area contributed by atoms with Crippen LogP contribution in [0.25, 0.3) is 0 Å². The molecule has 0 fully saturated rings. The summed E-state index contributed by atoms with van der Waals surface area (Å²) in [7, 11) is 1.98. The van der Waals surface area contributed by atoms with Gasteiger partial charge in [0, 0.05) is 50.3 Å². The second-order valence-corrected chi connectivity index (χ2v) is 4.74. The number of nitrogens with one attached hydrogen (secondary N) is 1. The van der Waals surface area contributed by atoms with Crippen LogP contribution in [0.2, 0.25) is 0 Å². The van der Waals surface area contributed by atoms with Crippen molar-refractivity contribution in [2.75, 3.05) is 0 Å². The Morgan fingerprint density at radius 3 is 2.83 bits per heavy atom. The highest BCUT2D eigenvalue weighted by atomic mass is 15.3. The highest BCUT2D eigenvalue weighted by Gasteiger charge is 2.03. The molecule has 0 aliphatic carbocycles. The van der Waals surface area contributed by atoms with Gasteiger partial charge in [0.1, 0.15) is 0 Å². The zero-order valence-corrected chi connectivity index (χ0v) is 11.5. The van der Waals surface area contributed by atoms with E-state index in [1.165, 1.54) is 23.2 Å². The van der Waals surface area contributed by atoms with E-state index in [1.807, 2.05) is 17.9 Å². The molecule has 0 amide bonds. The van der Waals surface area contributed by atoms with Crippen molar-refractivity contribution < 1.29 is 0 Å². The van der Waals surface area contributed by atoms with Crippen LogP contribution in [-0.2, 0) is 26.7 Å². The standard InChI is InChI=1S/C14H22N4/c1-4-6-18-7-5-13(11-18)8-15-9-14-10-16-17(3)12(14)2/h5,7,10-11,15H,4,6,8-9H2,1-3H3. The second kappa shape index (κ2) is 5.87. The molecular weight excluding hydrogens is 224 g/mol. The SMILES string of the molecule is CCCn1ccc(CNCc2cnn(C)c2C)c1. The quantitative estimate of drug-likeness (QED) is 0.848. The number of hydrogen-bond donors (Lipinski definition) is 1. The van der Waals surface area contributed by atoms with Gasteiger partial charge >= 0.3 is 0 Å². The lowest BCUT2D eigenvalue weighted by Crippen LogP contribution is -2.12.